The molecule has 2 aromatic rings. The SMILES string of the molecule is Fc1cc(Cl)cc(Nc2nnc(Br)s2)c1. The van der Waals surface area contributed by atoms with Crippen LogP contribution in [0.5, 0.6) is 0 Å². The van der Waals surface area contributed by atoms with E-state index in [-0.39, 0.29) is 0 Å². The fourth-order valence-corrected chi connectivity index (χ4v) is 2.26. The van der Waals surface area contributed by atoms with Gasteiger partial charge in [0, 0.05) is 10.7 Å². The van der Waals surface area contributed by atoms with Crippen LogP contribution in [0.15, 0.2) is 22.1 Å². The first-order valence-electron chi connectivity index (χ1n) is 3.85. The summed E-state index contributed by atoms with van der Waals surface area (Å²) >= 11 is 10.2. The molecule has 1 heterocycles. The number of halogens is 3. The first-order chi connectivity index (χ1) is 7.13. The number of aromatic nitrogens is 2. The molecule has 0 radical (unpaired) electrons. The Morgan fingerprint density at radius 3 is 2.73 bits per heavy atom. The maximum absolute atomic E-state index is 13.0. The Morgan fingerprint density at radius 1 is 1.33 bits per heavy atom. The molecule has 0 aliphatic carbocycles. The Balaban J connectivity index is 2.24. The van der Waals surface area contributed by atoms with Crippen LogP contribution >= 0.6 is 38.9 Å². The topological polar surface area (TPSA) is 37.8 Å². The summed E-state index contributed by atoms with van der Waals surface area (Å²) in [5.41, 5.74) is 0.545. The van der Waals surface area contributed by atoms with Crippen molar-refractivity contribution in [3.05, 3.63) is 33.0 Å². The molecule has 0 saturated carbocycles. The predicted molar refractivity (Wildman–Crippen MR) is 62.3 cm³/mol. The van der Waals surface area contributed by atoms with Crippen molar-refractivity contribution in [3.8, 4) is 0 Å². The third-order valence-corrected chi connectivity index (χ3v) is 3.00. The molecule has 1 aromatic heterocycles. The third-order valence-electron chi connectivity index (χ3n) is 1.51. The Morgan fingerprint density at radius 2 is 2.13 bits per heavy atom. The van der Waals surface area contributed by atoms with Crippen molar-refractivity contribution in [3.63, 3.8) is 0 Å². The van der Waals surface area contributed by atoms with Gasteiger partial charge in [-0.05, 0) is 34.1 Å². The largest absolute Gasteiger partial charge is 0.330 e. The fraction of sp³-hybridized carbons (Fsp3) is 0. The van der Waals surface area contributed by atoms with Crippen molar-refractivity contribution >= 4 is 49.7 Å². The van der Waals surface area contributed by atoms with Crippen LogP contribution in [0, 0.1) is 5.82 Å². The van der Waals surface area contributed by atoms with Gasteiger partial charge in [-0.25, -0.2) is 4.39 Å². The maximum Gasteiger partial charge on any atom is 0.210 e. The van der Waals surface area contributed by atoms with E-state index in [0.717, 1.165) is 0 Å². The van der Waals surface area contributed by atoms with Crippen LogP contribution in [0.1, 0.15) is 0 Å². The zero-order valence-electron chi connectivity index (χ0n) is 7.17. The Bertz CT molecular complexity index is 470. The molecule has 7 heteroatoms. The van der Waals surface area contributed by atoms with Crippen molar-refractivity contribution in [2.24, 2.45) is 0 Å². The van der Waals surface area contributed by atoms with Crippen molar-refractivity contribution in [1.29, 1.82) is 0 Å². The summed E-state index contributed by atoms with van der Waals surface area (Å²) in [6.45, 7) is 0. The van der Waals surface area contributed by atoms with E-state index in [1.54, 1.807) is 6.07 Å². The molecular formula is C8H4BrClFN3S. The van der Waals surface area contributed by atoms with Gasteiger partial charge in [0.2, 0.25) is 5.13 Å². The van der Waals surface area contributed by atoms with Crippen molar-refractivity contribution < 1.29 is 4.39 Å². The molecule has 2 rings (SSSR count). The average molecular weight is 309 g/mol. The van der Waals surface area contributed by atoms with Gasteiger partial charge < -0.3 is 5.32 Å². The van der Waals surface area contributed by atoms with E-state index in [1.807, 2.05) is 0 Å². The summed E-state index contributed by atoms with van der Waals surface area (Å²) in [7, 11) is 0. The number of rotatable bonds is 2. The van der Waals surface area contributed by atoms with Gasteiger partial charge in [-0.2, -0.15) is 0 Å². The van der Waals surface area contributed by atoms with Crippen LogP contribution in [0.25, 0.3) is 0 Å². The number of hydrogen-bond acceptors (Lipinski definition) is 4. The van der Waals surface area contributed by atoms with Crippen LogP contribution < -0.4 is 5.32 Å². The molecule has 15 heavy (non-hydrogen) atoms. The lowest BCUT2D eigenvalue weighted by Gasteiger charge is -2.02. The summed E-state index contributed by atoms with van der Waals surface area (Å²) in [5.74, 6) is -0.395. The van der Waals surface area contributed by atoms with E-state index in [9.17, 15) is 4.39 Å². The highest BCUT2D eigenvalue weighted by Gasteiger charge is 2.03. The van der Waals surface area contributed by atoms with E-state index < -0.39 is 5.82 Å². The lowest BCUT2D eigenvalue weighted by molar-refractivity contribution is 0.628. The molecule has 0 bridgehead atoms. The zero-order chi connectivity index (χ0) is 10.8. The molecule has 0 atom stereocenters. The molecule has 3 nitrogen and oxygen atoms in total. The van der Waals surface area contributed by atoms with Crippen LogP contribution in [-0.4, -0.2) is 10.2 Å². The van der Waals surface area contributed by atoms with Gasteiger partial charge in [-0.3, -0.25) is 0 Å². The van der Waals surface area contributed by atoms with E-state index in [2.05, 4.69) is 31.4 Å². The number of anilines is 2. The van der Waals surface area contributed by atoms with E-state index in [1.165, 1.54) is 23.5 Å². The van der Waals surface area contributed by atoms with E-state index in [4.69, 9.17) is 11.6 Å². The average Bonchev–Trinajstić information content (AvgIpc) is 2.49. The molecular weight excluding hydrogens is 305 g/mol. The third kappa shape index (κ3) is 2.87. The summed E-state index contributed by atoms with van der Waals surface area (Å²) in [6.07, 6.45) is 0. The molecule has 0 spiro atoms. The molecule has 1 N–H and O–H groups in total. The smallest absolute Gasteiger partial charge is 0.210 e. The summed E-state index contributed by atoms with van der Waals surface area (Å²) in [4.78, 5) is 0. The fourth-order valence-electron chi connectivity index (χ4n) is 1.01. The van der Waals surface area contributed by atoms with Crippen LogP contribution in [0.3, 0.4) is 0 Å². The summed E-state index contributed by atoms with van der Waals surface area (Å²) < 4.78 is 13.6. The standard InChI is InChI=1S/C8H4BrClFN3S/c9-7-13-14-8(15-7)12-6-2-4(10)1-5(11)3-6/h1-3H,(H,12,14). The van der Waals surface area contributed by atoms with Crippen molar-refractivity contribution in [1.82, 2.24) is 10.2 Å². The van der Waals surface area contributed by atoms with E-state index >= 15 is 0 Å². The normalized spacial score (nSPS) is 10.3. The molecule has 0 aliphatic heterocycles. The number of nitrogens with one attached hydrogen (secondary N) is 1. The predicted octanol–water partition coefficient (Wildman–Crippen LogP) is 3.84. The molecule has 0 fully saturated rings. The lowest BCUT2D eigenvalue weighted by Crippen LogP contribution is -1.90. The van der Waals surface area contributed by atoms with Gasteiger partial charge in [-0.15, -0.1) is 10.2 Å². The highest BCUT2D eigenvalue weighted by molar-refractivity contribution is 9.11. The van der Waals surface area contributed by atoms with Crippen LogP contribution in [-0.2, 0) is 0 Å². The molecule has 0 unspecified atom stereocenters. The maximum atomic E-state index is 13.0. The highest BCUT2D eigenvalue weighted by atomic mass is 79.9. The number of nitrogens with zero attached hydrogens (tertiary/aromatic N) is 2. The van der Waals surface area contributed by atoms with Gasteiger partial charge in [0.25, 0.3) is 0 Å². The molecule has 78 valence electrons. The lowest BCUT2D eigenvalue weighted by atomic mass is 10.3. The Labute approximate surface area is 102 Å². The monoisotopic (exact) mass is 307 g/mol. The van der Waals surface area contributed by atoms with Gasteiger partial charge in [0.1, 0.15) is 5.82 Å². The molecule has 0 saturated heterocycles. The van der Waals surface area contributed by atoms with Crippen molar-refractivity contribution in [2.45, 2.75) is 0 Å². The van der Waals surface area contributed by atoms with Gasteiger partial charge in [-0.1, -0.05) is 22.9 Å². The number of benzene rings is 1. The van der Waals surface area contributed by atoms with Crippen LogP contribution in [0.4, 0.5) is 15.2 Å². The first-order valence-corrected chi connectivity index (χ1v) is 5.84. The molecule has 1 aromatic carbocycles. The highest BCUT2D eigenvalue weighted by Crippen LogP contribution is 2.25. The number of hydrogen-bond donors (Lipinski definition) is 1. The second-order valence-electron chi connectivity index (χ2n) is 2.64. The second-order valence-corrected chi connectivity index (χ2v) is 5.33. The quantitative estimate of drug-likeness (QED) is 0.916. The summed E-state index contributed by atoms with van der Waals surface area (Å²) in [5, 5.41) is 11.4. The second kappa shape index (κ2) is 4.42. The summed E-state index contributed by atoms with van der Waals surface area (Å²) in [6, 6.07) is 4.18. The molecule has 0 aliphatic rings. The van der Waals surface area contributed by atoms with Gasteiger partial charge in [0.15, 0.2) is 3.92 Å². The zero-order valence-corrected chi connectivity index (χ0v) is 10.3. The van der Waals surface area contributed by atoms with Gasteiger partial charge in [0.05, 0.1) is 0 Å². The first kappa shape index (κ1) is 10.8. The van der Waals surface area contributed by atoms with E-state index in [0.29, 0.717) is 19.8 Å². The van der Waals surface area contributed by atoms with Crippen molar-refractivity contribution in [2.75, 3.05) is 5.32 Å². The van der Waals surface area contributed by atoms with Crippen LogP contribution in [0.2, 0.25) is 5.02 Å². The minimum atomic E-state index is -0.395. The van der Waals surface area contributed by atoms with Gasteiger partial charge >= 0.3 is 0 Å². The Kier molecular flexibility index (Phi) is 3.18. The molecule has 0 amide bonds. The minimum Gasteiger partial charge on any atom is -0.330 e. The Hall–Kier alpha value is -0.720. The minimum absolute atomic E-state index is 0.334.